The number of thiophene rings is 1. The van der Waals surface area contributed by atoms with E-state index in [2.05, 4.69) is 44.4 Å². The maximum Gasteiger partial charge on any atom is 0.0296 e. The molecule has 0 aliphatic rings. The highest BCUT2D eigenvalue weighted by Crippen LogP contribution is 2.17. The molecule has 60 valence electrons. The highest BCUT2D eigenvalue weighted by Gasteiger charge is 1.93. The van der Waals surface area contributed by atoms with E-state index in [0.29, 0.717) is 5.92 Å². The minimum absolute atomic E-state index is 0.650. The van der Waals surface area contributed by atoms with Gasteiger partial charge >= 0.3 is 0 Å². The molecule has 0 nitrogen and oxygen atoms in total. The van der Waals surface area contributed by atoms with Gasteiger partial charge in [0.05, 0.1) is 0 Å². The second kappa shape index (κ2) is 3.72. The quantitative estimate of drug-likeness (QED) is 0.628. The van der Waals surface area contributed by atoms with Gasteiger partial charge in [0, 0.05) is 4.88 Å². The molecule has 0 bridgehead atoms. The van der Waals surface area contributed by atoms with E-state index in [1.165, 1.54) is 10.4 Å². The third-order valence-corrected chi connectivity index (χ3v) is 2.52. The summed E-state index contributed by atoms with van der Waals surface area (Å²) < 4.78 is 0. The summed E-state index contributed by atoms with van der Waals surface area (Å²) in [6.45, 7) is 6.54. The second-order valence-corrected chi connectivity index (χ2v) is 4.02. The van der Waals surface area contributed by atoms with Crippen LogP contribution in [0.2, 0.25) is 0 Å². The summed E-state index contributed by atoms with van der Waals surface area (Å²) in [5.74, 6) is 0.650. The molecule has 1 heteroatoms. The summed E-state index contributed by atoms with van der Waals surface area (Å²) >= 11 is 1.80. The molecule has 1 aromatic heterocycles. The molecule has 1 heterocycles. The van der Waals surface area contributed by atoms with Crippen LogP contribution >= 0.6 is 11.3 Å². The first-order valence-electron chi connectivity index (χ1n) is 3.92. The maximum absolute atomic E-state index is 2.23. The summed E-state index contributed by atoms with van der Waals surface area (Å²) in [4.78, 5) is 1.39. The standard InChI is InChI=1S/C10H14S/c1-8(2)4-5-10-9(3)6-7-11-10/h4-8H,1-3H3/b5-4+. The Morgan fingerprint density at radius 2 is 2.18 bits per heavy atom. The summed E-state index contributed by atoms with van der Waals surface area (Å²) in [5, 5.41) is 2.13. The van der Waals surface area contributed by atoms with Crippen molar-refractivity contribution in [3.8, 4) is 0 Å². The van der Waals surface area contributed by atoms with Gasteiger partial charge in [0.2, 0.25) is 0 Å². The monoisotopic (exact) mass is 166 g/mol. The van der Waals surface area contributed by atoms with Gasteiger partial charge in [-0.1, -0.05) is 19.9 Å². The summed E-state index contributed by atoms with van der Waals surface area (Å²) in [6, 6.07) is 2.16. The molecule has 1 aromatic rings. The van der Waals surface area contributed by atoms with E-state index < -0.39 is 0 Å². The number of allylic oxidation sites excluding steroid dienone is 1. The molecule has 1 rings (SSSR count). The molecular formula is C10H14S. The third kappa shape index (κ3) is 2.51. The van der Waals surface area contributed by atoms with E-state index in [4.69, 9.17) is 0 Å². The van der Waals surface area contributed by atoms with Gasteiger partial charge in [-0.3, -0.25) is 0 Å². The van der Waals surface area contributed by atoms with E-state index >= 15 is 0 Å². The van der Waals surface area contributed by atoms with Crippen molar-refractivity contribution in [2.24, 2.45) is 5.92 Å². The van der Waals surface area contributed by atoms with E-state index in [1.807, 2.05) is 0 Å². The molecule has 0 amide bonds. The Morgan fingerprint density at radius 1 is 1.45 bits per heavy atom. The molecule has 0 saturated heterocycles. The molecule has 0 aromatic carbocycles. The van der Waals surface area contributed by atoms with E-state index in [0.717, 1.165) is 0 Å². The Kier molecular flexibility index (Phi) is 2.89. The van der Waals surface area contributed by atoms with Gasteiger partial charge in [0.15, 0.2) is 0 Å². The zero-order valence-electron chi connectivity index (χ0n) is 7.29. The Hall–Kier alpha value is -0.560. The van der Waals surface area contributed by atoms with Crippen LogP contribution in [0, 0.1) is 12.8 Å². The number of hydrogen-bond donors (Lipinski definition) is 0. The lowest BCUT2D eigenvalue weighted by Gasteiger charge is -1.93. The topological polar surface area (TPSA) is 0 Å². The number of aryl methyl sites for hydroxylation is 1. The fourth-order valence-corrected chi connectivity index (χ4v) is 1.66. The van der Waals surface area contributed by atoms with Crippen LogP contribution in [-0.4, -0.2) is 0 Å². The maximum atomic E-state index is 2.23. The molecule has 0 radical (unpaired) electrons. The SMILES string of the molecule is Cc1ccsc1/C=C/C(C)C. The molecule has 0 aliphatic heterocycles. The van der Waals surface area contributed by atoms with E-state index in [-0.39, 0.29) is 0 Å². The molecule has 0 atom stereocenters. The molecule has 0 aliphatic carbocycles. The smallest absolute Gasteiger partial charge is 0.0296 e. The highest BCUT2D eigenvalue weighted by atomic mass is 32.1. The van der Waals surface area contributed by atoms with Crippen LogP contribution in [0.1, 0.15) is 24.3 Å². The Labute approximate surface area is 72.6 Å². The van der Waals surface area contributed by atoms with Crippen molar-refractivity contribution < 1.29 is 0 Å². The van der Waals surface area contributed by atoms with E-state index in [1.54, 1.807) is 11.3 Å². The molecule has 11 heavy (non-hydrogen) atoms. The Bertz CT molecular complexity index is 243. The summed E-state index contributed by atoms with van der Waals surface area (Å²) in [5.41, 5.74) is 1.38. The van der Waals surface area contributed by atoms with Crippen LogP contribution in [0.5, 0.6) is 0 Å². The van der Waals surface area contributed by atoms with Gasteiger partial charge in [-0.2, -0.15) is 0 Å². The van der Waals surface area contributed by atoms with Gasteiger partial charge < -0.3 is 0 Å². The molecule has 0 N–H and O–H groups in total. The van der Waals surface area contributed by atoms with E-state index in [9.17, 15) is 0 Å². The van der Waals surface area contributed by atoms with Crippen LogP contribution in [0.25, 0.3) is 6.08 Å². The lowest BCUT2D eigenvalue weighted by Crippen LogP contribution is -1.76. The average Bonchev–Trinajstić information content (AvgIpc) is 2.31. The largest absolute Gasteiger partial charge is 0.144 e. The molecule has 0 fully saturated rings. The normalized spacial score (nSPS) is 11.6. The lowest BCUT2D eigenvalue weighted by atomic mass is 10.2. The van der Waals surface area contributed by atoms with Gasteiger partial charge in [0.25, 0.3) is 0 Å². The minimum Gasteiger partial charge on any atom is -0.144 e. The Balaban J connectivity index is 2.71. The van der Waals surface area contributed by atoms with Crippen molar-refractivity contribution in [1.29, 1.82) is 0 Å². The average molecular weight is 166 g/mol. The zero-order valence-corrected chi connectivity index (χ0v) is 8.11. The van der Waals surface area contributed by atoms with Gasteiger partial charge in [-0.25, -0.2) is 0 Å². The summed E-state index contributed by atoms with van der Waals surface area (Å²) in [6.07, 6.45) is 4.45. The third-order valence-electron chi connectivity index (χ3n) is 1.53. The van der Waals surface area contributed by atoms with Gasteiger partial charge in [0.1, 0.15) is 0 Å². The summed E-state index contributed by atoms with van der Waals surface area (Å²) in [7, 11) is 0. The van der Waals surface area contributed by atoms with Crippen LogP contribution in [-0.2, 0) is 0 Å². The van der Waals surface area contributed by atoms with Crippen molar-refractivity contribution in [2.75, 3.05) is 0 Å². The first kappa shape index (κ1) is 8.54. The van der Waals surface area contributed by atoms with Crippen LogP contribution in [0.4, 0.5) is 0 Å². The molecule has 0 spiro atoms. The van der Waals surface area contributed by atoms with Gasteiger partial charge in [-0.15, -0.1) is 11.3 Å². The van der Waals surface area contributed by atoms with Gasteiger partial charge in [-0.05, 0) is 35.9 Å². The zero-order chi connectivity index (χ0) is 8.27. The number of rotatable bonds is 2. The molecular weight excluding hydrogens is 152 g/mol. The van der Waals surface area contributed by atoms with Crippen LogP contribution in [0.3, 0.4) is 0 Å². The van der Waals surface area contributed by atoms with Crippen molar-refractivity contribution in [3.63, 3.8) is 0 Å². The Morgan fingerprint density at radius 3 is 2.64 bits per heavy atom. The minimum atomic E-state index is 0.650. The predicted molar refractivity (Wildman–Crippen MR) is 52.9 cm³/mol. The van der Waals surface area contributed by atoms with Crippen LogP contribution in [0.15, 0.2) is 17.5 Å². The van der Waals surface area contributed by atoms with Crippen LogP contribution < -0.4 is 0 Å². The molecule has 0 saturated carbocycles. The van der Waals surface area contributed by atoms with Crippen molar-refractivity contribution in [1.82, 2.24) is 0 Å². The first-order chi connectivity index (χ1) is 5.20. The number of hydrogen-bond acceptors (Lipinski definition) is 1. The lowest BCUT2D eigenvalue weighted by molar-refractivity contribution is 0.836. The second-order valence-electron chi connectivity index (χ2n) is 3.07. The first-order valence-corrected chi connectivity index (χ1v) is 4.80. The fourth-order valence-electron chi connectivity index (χ4n) is 0.835. The van der Waals surface area contributed by atoms with Crippen molar-refractivity contribution in [3.05, 3.63) is 28.0 Å². The highest BCUT2D eigenvalue weighted by molar-refractivity contribution is 7.11. The predicted octanol–water partition coefficient (Wildman–Crippen LogP) is 3.73. The van der Waals surface area contributed by atoms with Crippen molar-refractivity contribution in [2.45, 2.75) is 20.8 Å². The fraction of sp³-hybridized carbons (Fsp3) is 0.400. The molecule has 0 unspecified atom stereocenters. The van der Waals surface area contributed by atoms with Crippen molar-refractivity contribution >= 4 is 17.4 Å².